The molecule has 4 nitrogen and oxygen atoms in total. The number of nitrogens with zero attached hydrogens (tertiary/aromatic N) is 1. The Labute approximate surface area is 168 Å². The van der Waals surface area contributed by atoms with Crippen molar-refractivity contribution in [3.05, 3.63) is 29.8 Å². The predicted molar refractivity (Wildman–Crippen MR) is 110 cm³/mol. The van der Waals surface area contributed by atoms with Crippen LogP contribution in [-0.4, -0.2) is 29.3 Å². The maximum absolute atomic E-state index is 13.7. The van der Waals surface area contributed by atoms with Crippen LogP contribution < -0.4 is 5.32 Å². The monoisotopic (exact) mass is 380 g/mol. The van der Waals surface area contributed by atoms with Crippen molar-refractivity contribution in [1.29, 1.82) is 0 Å². The van der Waals surface area contributed by atoms with Gasteiger partial charge in [-0.25, -0.2) is 0 Å². The van der Waals surface area contributed by atoms with Gasteiger partial charge in [-0.05, 0) is 93.2 Å². The summed E-state index contributed by atoms with van der Waals surface area (Å²) in [5, 5.41) is 3.06. The normalized spacial score (nSPS) is 36.0. The van der Waals surface area contributed by atoms with E-state index in [1.54, 1.807) is 0 Å². The first-order chi connectivity index (χ1) is 13.6. The summed E-state index contributed by atoms with van der Waals surface area (Å²) in [6.07, 6.45) is 9.94. The molecule has 1 aromatic carbocycles. The number of carbonyl (C=O) groups is 2. The number of carbonyl (C=O) groups excluding carboxylic acids is 2. The quantitative estimate of drug-likeness (QED) is 0.842. The lowest BCUT2D eigenvalue weighted by molar-refractivity contribution is -0.160. The van der Waals surface area contributed by atoms with Crippen molar-refractivity contribution in [2.75, 3.05) is 11.9 Å². The fourth-order valence-corrected chi connectivity index (χ4v) is 7.01. The molecule has 1 N–H and O–H groups in total. The van der Waals surface area contributed by atoms with Crippen molar-refractivity contribution in [2.24, 2.45) is 23.2 Å². The zero-order chi connectivity index (χ0) is 19.3. The van der Waals surface area contributed by atoms with Crippen molar-refractivity contribution in [2.45, 2.75) is 70.8 Å². The molecular weight excluding hydrogens is 348 g/mol. The molecule has 1 aliphatic heterocycles. The number of rotatable bonds is 4. The third kappa shape index (κ3) is 3.05. The number of benzene rings is 1. The van der Waals surface area contributed by atoms with Crippen molar-refractivity contribution < 1.29 is 9.59 Å². The van der Waals surface area contributed by atoms with Crippen LogP contribution in [0, 0.1) is 23.2 Å². The second-order valence-electron chi connectivity index (χ2n) is 9.89. The summed E-state index contributed by atoms with van der Waals surface area (Å²) in [6, 6.07) is 7.75. The Morgan fingerprint density at radius 2 is 1.64 bits per heavy atom. The lowest BCUT2D eigenvalue weighted by Crippen LogP contribution is -2.56. The fraction of sp³-hybridized carbons (Fsp3) is 0.667. The summed E-state index contributed by atoms with van der Waals surface area (Å²) in [7, 11) is 0. The average molecular weight is 381 g/mol. The molecule has 5 aliphatic rings. The Hall–Kier alpha value is -1.84. The van der Waals surface area contributed by atoms with Crippen LogP contribution in [0.2, 0.25) is 0 Å². The van der Waals surface area contributed by atoms with Crippen molar-refractivity contribution in [1.82, 2.24) is 4.90 Å². The maximum atomic E-state index is 13.7. The molecule has 1 atom stereocenters. The van der Waals surface area contributed by atoms with E-state index in [2.05, 4.69) is 24.4 Å². The van der Waals surface area contributed by atoms with Crippen molar-refractivity contribution >= 4 is 17.5 Å². The molecule has 0 unspecified atom stereocenters. The lowest BCUT2D eigenvalue weighted by atomic mass is 9.49. The van der Waals surface area contributed by atoms with Gasteiger partial charge in [0.25, 0.3) is 0 Å². The van der Waals surface area contributed by atoms with E-state index < -0.39 is 0 Å². The van der Waals surface area contributed by atoms with E-state index in [1.807, 2.05) is 17.0 Å². The molecule has 6 rings (SSSR count). The highest BCUT2D eigenvalue weighted by atomic mass is 16.2. The Balaban J connectivity index is 1.31. The van der Waals surface area contributed by atoms with Gasteiger partial charge in [0.15, 0.2) is 0 Å². The molecule has 0 spiro atoms. The van der Waals surface area contributed by atoms with Crippen LogP contribution in [0.1, 0.15) is 63.9 Å². The molecule has 4 aliphatic carbocycles. The highest BCUT2D eigenvalue weighted by Crippen LogP contribution is 2.60. The fourth-order valence-electron chi connectivity index (χ4n) is 7.01. The minimum absolute atomic E-state index is 0.0140. The Bertz CT molecular complexity index is 734. The molecule has 0 aromatic heterocycles. The van der Waals surface area contributed by atoms with E-state index in [-0.39, 0.29) is 17.4 Å². The van der Waals surface area contributed by atoms with Gasteiger partial charge in [0.05, 0.1) is 5.41 Å². The predicted octanol–water partition coefficient (Wildman–Crippen LogP) is 4.39. The standard InChI is InChI=1S/C24H32N2O2/c1-2-16-5-7-20(8-6-16)25-22(27)21-4-3-9-26(21)23(28)24-13-17-10-18(14-24)12-19(11-17)15-24/h5-8,17-19,21H,2-4,9-15H2,1H3,(H,25,27)/t17?,18?,19?,21-,24?/m0/s1. The molecule has 150 valence electrons. The molecular formula is C24H32N2O2. The van der Waals surface area contributed by atoms with E-state index in [9.17, 15) is 9.59 Å². The molecule has 4 heteroatoms. The molecule has 1 saturated heterocycles. The summed E-state index contributed by atoms with van der Waals surface area (Å²) in [5.74, 6) is 2.54. The van der Waals surface area contributed by atoms with Gasteiger partial charge in [0.1, 0.15) is 6.04 Å². The van der Waals surface area contributed by atoms with Gasteiger partial charge in [0, 0.05) is 12.2 Å². The number of likely N-dealkylation sites (tertiary alicyclic amines) is 1. The van der Waals surface area contributed by atoms with E-state index in [0.29, 0.717) is 5.91 Å². The second-order valence-corrected chi connectivity index (χ2v) is 9.89. The van der Waals surface area contributed by atoms with Crippen LogP contribution in [0.4, 0.5) is 5.69 Å². The topological polar surface area (TPSA) is 49.4 Å². The van der Waals surface area contributed by atoms with Gasteiger partial charge in [-0.1, -0.05) is 19.1 Å². The molecule has 1 aromatic rings. The second kappa shape index (κ2) is 6.89. The number of hydrogen-bond acceptors (Lipinski definition) is 2. The number of nitrogens with one attached hydrogen (secondary N) is 1. The first kappa shape index (κ1) is 18.2. The van der Waals surface area contributed by atoms with Gasteiger partial charge in [0.2, 0.25) is 11.8 Å². The summed E-state index contributed by atoms with van der Waals surface area (Å²) >= 11 is 0. The number of anilines is 1. The molecule has 4 saturated carbocycles. The maximum Gasteiger partial charge on any atom is 0.247 e. The first-order valence-electron chi connectivity index (χ1n) is 11.3. The summed E-state index contributed by atoms with van der Waals surface area (Å²) in [4.78, 5) is 28.6. The molecule has 2 amide bonds. The molecule has 4 bridgehead atoms. The average Bonchev–Trinajstić information content (AvgIpc) is 3.17. The van der Waals surface area contributed by atoms with Crippen LogP contribution in [0.5, 0.6) is 0 Å². The largest absolute Gasteiger partial charge is 0.330 e. The zero-order valence-corrected chi connectivity index (χ0v) is 17.0. The summed E-state index contributed by atoms with van der Waals surface area (Å²) in [5.41, 5.74) is 1.94. The minimum Gasteiger partial charge on any atom is -0.330 e. The SMILES string of the molecule is CCc1ccc(NC(=O)[C@@H]2CCCN2C(=O)C23CC4CC(CC(C4)C2)C3)cc1. The zero-order valence-electron chi connectivity index (χ0n) is 17.0. The molecule has 28 heavy (non-hydrogen) atoms. The Kier molecular flexibility index (Phi) is 4.48. The number of aryl methyl sites for hydroxylation is 1. The minimum atomic E-state index is -0.300. The summed E-state index contributed by atoms with van der Waals surface area (Å²) in [6.45, 7) is 2.87. The molecule has 0 radical (unpaired) electrons. The van der Waals surface area contributed by atoms with Gasteiger partial charge < -0.3 is 10.2 Å². The van der Waals surface area contributed by atoms with E-state index >= 15 is 0 Å². The lowest BCUT2D eigenvalue weighted by Gasteiger charge is -2.56. The third-order valence-electron chi connectivity index (χ3n) is 7.94. The van der Waals surface area contributed by atoms with Gasteiger partial charge in [-0.3, -0.25) is 9.59 Å². The van der Waals surface area contributed by atoms with E-state index in [1.165, 1.54) is 24.8 Å². The van der Waals surface area contributed by atoms with Gasteiger partial charge in [-0.15, -0.1) is 0 Å². The third-order valence-corrected chi connectivity index (χ3v) is 7.94. The number of amides is 2. The van der Waals surface area contributed by atoms with Gasteiger partial charge >= 0.3 is 0 Å². The highest BCUT2D eigenvalue weighted by Gasteiger charge is 2.56. The first-order valence-corrected chi connectivity index (χ1v) is 11.3. The van der Waals surface area contributed by atoms with Crippen molar-refractivity contribution in [3.63, 3.8) is 0 Å². The Morgan fingerprint density at radius 1 is 1.04 bits per heavy atom. The molecule has 1 heterocycles. The Morgan fingerprint density at radius 3 is 2.21 bits per heavy atom. The van der Waals surface area contributed by atoms with E-state index in [0.717, 1.165) is 68.5 Å². The van der Waals surface area contributed by atoms with Crippen molar-refractivity contribution in [3.8, 4) is 0 Å². The van der Waals surface area contributed by atoms with Crippen LogP contribution >= 0.6 is 0 Å². The summed E-state index contributed by atoms with van der Waals surface area (Å²) < 4.78 is 0. The van der Waals surface area contributed by atoms with Crippen LogP contribution in [0.15, 0.2) is 24.3 Å². The molecule has 5 fully saturated rings. The smallest absolute Gasteiger partial charge is 0.247 e. The van der Waals surface area contributed by atoms with Crippen LogP contribution in [0.25, 0.3) is 0 Å². The highest BCUT2D eigenvalue weighted by molar-refractivity contribution is 5.98. The van der Waals surface area contributed by atoms with Crippen LogP contribution in [0.3, 0.4) is 0 Å². The van der Waals surface area contributed by atoms with E-state index in [4.69, 9.17) is 0 Å². The van der Waals surface area contributed by atoms with Gasteiger partial charge in [-0.2, -0.15) is 0 Å². The number of hydrogen-bond donors (Lipinski definition) is 1. The van der Waals surface area contributed by atoms with Crippen LogP contribution in [-0.2, 0) is 16.0 Å².